The smallest absolute Gasteiger partial charge is 0.255 e. The molecule has 1 N–H and O–H groups in total. The number of rotatable bonds is 6. The minimum atomic E-state index is -1.61. The van der Waals surface area contributed by atoms with Crippen molar-refractivity contribution in [1.29, 1.82) is 0 Å². The van der Waals surface area contributed by atoms with Crippen LogP contribution in [-0.4, -0.2) is 11.7 Å². The highest BCUT2D eigenvalue weighted by atomic mass is 32.2. The maximum absolute atomic E-state index is 13.8. The molecule has 0 heterocycles. The number of nitrogens with one attached hydrogen (secondary N) is 1. The molecular weight excluding hydrogens is 354 g/mol. The van der Waals surface area contributed by atoms with Gasteiger partial charge >= 0.3 is 0 Å². The van der Waals surface area contributed by atoms with Crippen LogP contribution in [0.25, 0.3) is 0 Å². The summed E-state index contributed by atoms with van der Waals surface area (Å²) in [6.07, 6.45) is 0.897. The third-order valence-electron chi connectivity index (χ3n) is 3.39. The van der Waals surface area contributed by atoms with Gasteiger partial charge in [0.1, 0.15) is 5.82 Å². The number of hydrogen-bond acceptors (Lipinski definition) is 2. The molecule has 2 nitrogen and oxygen atoms in total. The van der Waals surface area contributed by atoms with Crippen LogP contribution < -0.4 is 5.32 Å². The molecule has 0 unspecified atom stereocenters. The van der Waals surface area contributed by atoms with Crippen molar-refractivity contribution >= 4 is 23.4 Å². The van der Waals surface area contributed by atoms with Gasteiger partial charge in [0.25, 0.3) is 5.91 Å². The van der Waals surface area contributed by atoms with Crippen LogP contribution in [0.15, 0.2) is 35.2 Å². The first kappa shape index (κ1) is 19.3. The van der Waals surface area contributed by atoms with E-state index in [-0.39, 0.29) is 11.3 Å². The lowest BCUT2D eigenvalue weighted by molar-refractivity contribution is 0.102. The summed E-state index contributed by atoms with van der Waals surface area (Å²) in [5.74, 6) is -4.35. The van der Waals surface area contributed by atoms with Crippen LogP contribution in [0, 0.1) is 29.2 Å². The van der Waals surface area contributed by atoms with Crippen LogP contribution in [0.5, 0.6) is 0 Å². The van der Waals surface area contributed by atoms with E-state index in [1.165, 1.54) is 30.0 Å². The molecule has 0 fully saturated rings. The first-order chi connectivity index (χ1) is 11.8. The highest BCUT2D eigenvalue weighted by molar-refractivity contribution is 7.99. The molecule has 2 aromatic carbocycles. The van der Waals surface area contributed by atoms with Crippen LogP contribution in [-0.2, 0) is 0 Å². The average Bonchev–Trinajstić information content (AvgIpc) is 2.53. The number of anilines is 1. The number of thioether (sulfide) groups is 1. The SMILES string of the molecule is CC(C)CCSc1cc(C(=O)Nc2cc(F)c(F)c(F)c2)ccc1F. The number of carbonyl (C=O) groups is 1. The molecule has 134 valence electrons. The zero-order chi connectivity index (χ0) is 18.6. The second-order valence-electron chi connectivity index (χ2n) is 5.88. The Kier molecular flexibility index (Phi) is 6.47. The first-order valence-electron chi connectivity index (χ1n) is 7.66. The molecule has 0 saturated heterocycles. The van der Waals surface area contributed by atoms with Gasteiger partial charge in [-0.2, -0.15) is 0 Å². The standard InChI is InChI=1S/C18H17F4NOS/c1-10(2)5-6-25-16-7-11(3-4-13(16)19)18(24)23-12-8-14(20)17(22)15(21)9-12/h3-4,7-10H,5-6H2,1-2H3,(H,23,24). The lowest BCUT2D eigenvalue weighted by Crippen LogP contribution is -2.13. The maximum atomic E-state index is 13.8. The zero-order valence-corrected chi connectivity index (χ0v) is 14.5. The summed E-state index contributed by atoms with van der Waals surface area (Å²) in [6, 6.07) is 5.17. The van der Waals surface area contributed by atoms with Crippen molar-refractivity contribution in [2.75, 3.05) is 11.1 Å². The van der Waals surface area contributed by atoms with Gasteiger partial charge in [-0.15, -0.1) is 11.8 Å². The predicted molar refractivity (Wildman–Crippen MR) is 90.8 cm³/mol. The summed E-state index contributed by atoms with van der Waals surface area (Å²) in [7, 11) is 0. The van der Waals surface area contributed by atoms with E-state index in [1.807, 2.05) is 0 Å². The van der Waals surface area contributed by atoms with Crippen LogP contribution in [0.2, 0.25) is 0 Å². The van der Waals surface area contributed by atoms with Crippen molar-refractivity contribution < 1.29 is 22.4 Å². The molecule has 1 amide bonds. The number of benzene rings is 2. The third kappa shape index (κ3) is 5.22. The molecule has 0 atom stereocenters. The van der Waals surface area contributed by atoms with Gasteiger partial charge < -0.3 is 5.32 Å². The normalized spacial score (nSPS) is 11.0. The number of hydrogen-bond donors (Lipinski definition) is 1. The Morgan fingerprint density at radius 2 is 1.68 bits per heavy atom. The van der Waals surface area contributed by atoms with Crippen LogP contribution >= 0.6 is 11.8 Å². The van der Waals surface area contributed by atoms with Crippen molar-refractivity contribution in [1.82, 2.24) is 0 Å². The van der Waals surface area contributed by atoms with E-state index in [4.69, 9.17) is 0 Å². The summed E-state index contributed by atoms with van der Waals surface area (Å²) in [5, 5.41) is 2.27. The van der Waals surface area contributed by atoms with Crippen LogP contribution in [0.4, 0.5) is 23.2 Å². The van der Waals surface area contributed by atoms with Gasteiger partial charge in [0.2, 0.25) is 0 Å². The van der Waals surface area contributed by atoms with Crippen molar-refractivity contribution in [3.63, 3.8) is 0 Å². The topological polar surface area (TPSA) is 29.1 Å². The fraction of sp³-hybridized carbons (Fsp3) is 0.278. The molecule has 0 bridgehead atoms. The highest BCUT2D eigenvalue weighted by Gasteiger charge is 2.14. The highest BCUT2D eigenvalue weighted by Crippen LogP contribution is 2.25. The molecule has 2 aromatic rings. The van der Waals surface area contributed by atoms with E-state index in [1.54, 1.807) is 0 Å². The van der Waals surface area contributed by atoms with Crippen molar-refractivity contribution in [3.05, 3.63) is 59.2 Å². The number of halogens is 4. The van der Waals surface area contributed by atoms with Gasteiger partial charge in [-0.05, 0) is 36.3 Å². The molecule has 25 heavy (non-hydrogen) atoms. The molecule has 7 heteroatoms. The van der Waals surface area contributed by atoms with E-state index in [0.29, 0.717) is 28.7 Å². The van der Waals surface area contributed by atoms with E-state index in [0.717, 1.165) is 6.42 Å². The maximum Gasteiger partial charge on any atom is 0.255 e. The van der Waals surface area contributed by atoms with E-state index < -0.39 is 29.2 Å². The predicted octanol–water partition coefficient (Wildman–Crippen LogP) is 5.63. The Balaban J connectivity index is 2.14. The second kappa shape index (κ2) is 8.38. The Hall–Kier alpha value is -2.02. The quantitative estimate of drug-likeness (QED) is 0.405. The van der Waals surface area contributed by atoms with Crippen molar-refractivity contribution in [3.8, 4) is 0 Å². The van der Waals surface area contributed by atoms with Crippen LogP contribution in [0.3, 0.4) is 0 Å². The minimum Gasteiger partial charge on any atom is -0.322 e. The molecule has 0 aliphatic heterocycles. The largest absolute Gasteiger partial charge is 0.322 e. The van der Waals surface area contributed by atoms with Gasteiger partial charge in [0.15, 0.2) is 17.5 Å². The Morgan fingerprint density at radius 1 is 1.04 bits per heavy atom. The molecule has 2 rings (SSSR count). The monoisotopic (exact) mass is 371 g/mol. The van der Waals surface area contributed by atoms with Gasteiger partial charge in [0, 0.05) is 28.3 Å². The molecule has 0 aliphatic rings. The second-order valence-corrected chi connectivity index (χ2v) is 7.02. The Bertz CT molecular complexity index is 757. The molecule has 0 spiro atoms. The van der Waals surface area contributed by atoms with E-state index in [2.05, 4.69) is 19.2 Å². The van der Waals surface area contributed by atoms with Gasteiger partial charge in [-0.1, -0.05) is 13.8 Å². The summed E-state index contributed by atoms with van der Waals surface area (Å²) >= 11 is 1.30. The summed E-state index contributed by atoms with van der Waals surface area (Å²) in [5.41, 5.74) is -0.0849. The molecule has 0 aromatic heterocycles. The molecule has 0 aliphatic carbocycles. The van der Waals surface area contributed by atoms with Gasteiger partial charge in [0.05, 0.1) is 0 Å². The third-order valence-corrected chi connectivity index (χ3v) is 4.45. The summed E-state index contributed by atoms with van der Waals surface area (Å²) in [6.45, 7) is 4.11. The fourth-order valence-corrected chi connectivity index (χ4v) is 3.22. The lowest BCUT2D eigenvalue weighted by Gasteiger charge is -2.09. The summed E-state index contributed by atoms with van der Waals surface area (Å²) < 4.78 is 53.2. The van der Waals surface area contributed by atoms with Crippen molar-refractivity contribution in [2.24, 2.45) is 5.92 Å². The van der Waals surface area contributed by atoms with E-state index in [9.17, 15) is 22.4 Å². The number of carbonyl (C=O) groups excluding carboxylic acids is 1. The van der Waals surface area contributed by atoms with E-state index >= 15 is 0 Å². The van der Waals surface area contributed by atoms with Crippen LogP contribution in [0.1, 0.15) is 30.6 Å². The average molecular weight is 371 g/mol. The Morgan fingerprint density at radius 3 is 2.28 bits per heavy atom. The molecule has 0 saturated carbocycles. The summed E-state index contributed by atoms with van der Waals surface area (Å²) in [4.78, 5) is 12.5. The molecule has 0 radical (unpaired) electrons. The van der Waals surface area contributed by atoms with Gasteiger partial charge in [-0.3, -0.25) is 4.79 Å². The first-order valence-corrected chi connectivity index (χ1v) is 8.64. The Labute approximate surface area is 147 Å². The lowest BCUT2D eigenvalue weighted by atomic mass is 10.2. The molecular formula is C18H17F4NOS. The minimum absolute atomic E-state index is 0.138. The fourth-order valence-electron chi connectivity index (χ4n) is 1.99. The van der Waals surface area contributed by atoms with Gasteiger partial charge in [-0.25, -0.2) is 17.6 Å². The number of amides is 1. The van der Waals surface area contributed by atoms with Crippen molar-refractivity contribution in [2.45, 2.75) is 25.2 Å². The zero-order valence-electron chi connectivity index (χ0n) is 13.7.